The first-order valence-electron chi connectivity index (χ1n) is 8.54. The third-order valence-corrected chi connectivity index (χ3v) is 4.83. The van der Waals surface area contributed by atoms with Crippen molar-refractivity contribution < 1.29 is 23.9 Å². The highest BCUT2D eigenvalue weighted by Gasteiger charge is 2.55. The fourth-order valence-electron chi connectivity index (χ4n) is 3.50. The van der Waals surface area contributed by atoms with Crippen LogP contribution in [0, 0.1) is 0 Å². The van der Waals surface area contributed by atoms with Gasteiger partial charge in [-0.25, -0.2) is 4.79 Å². The van der Waals surface area contributed by atoms with Crippen LogP contribution in [0.25, 0.3) is 0 Å². The first-order chi connectivity index (χ1) is 12.5. The van der Waals surface area contributed by atoms with Gasteiger partial charge in [0.1, 0.15) is 12.1 Å². The largest absolute Gasteiger partial charge is 0.469 e. The first kappa shape index (κ1) is 17.9. The van der Waals surface area contributed by atoms with Gasteiger partial charge in [-0.05, 0) is 30.4 Å². The van der Waals surface area contributed by atoms with E-state index in [0.29, 0.717) is 19.3 Å². The Bertz CT molecular complexity index is 763. The van der Waals surface area contributed by atoms with Crippen LogP contribution in [0.4, 0.5) is 4.79 Å². The molecule has 0 bridgehead atoms. The first-order valence-corrected chi connectivity index (χ1v) is 8.54. The molecule has 1 fully saturated rings. The van der Waals surface area contributed by atoms with Gasteiger partial charge in [-0.3, -0.25) is 19.3 Å². The minimum Gasteiger partial charge on any atom is -0.469 e. The molecule has 8 nitrogen and oxygen atoms in total. The number of aryl methyl sites for hydroxylation is 1. The number of nitrogens with one attached hydrogen (secondary N) is 2. The number of carbonyl (C=O) groups excluding carboxylic acids is 4. The van der Waals surface area contributed by atoms with Gasteiger partial charge in [0, 0.05) is 13.0 Å². The van der Waals surface area contributed by atoms with Gasteiger partial charge in [-0.15, -0.1) is 0 Å². The van der Waals surface area contributed by atoms with Crippen LogP contribution in [0.5, 0.6) is 0 Å². The summed E-state index contributed by atoms with van der Waals surface area (Å²) in [6.07, 6.45) is 1.82. The maximum absolute atomic E-state index is 12.9. The van der Waals surface area contributed by atoms with Crippen LogP contribution in [0.3, 0.4) is 0 Å². The number of rotatable bonds is 6. The fraction of sp³-hybridized carbons (Fsp3) is 0.444. The van der Waals surface area contributed by atoms with E-state index in [0.717, 1.165) is 16.0 Å². The van der Waals surface area contributed by atoms with Crippen molar-refractivity contribution in [1.82, 2.24) is 15.5 Å². The molecule has 26 heavy (non-hydrogen) atoms. The molecule has 2 aliphatic rings. The molecule has 1 saturated heterocycles. The van der Waals surface area contributed by atoms with E-state index < -0.39 is 23.4 Å². The third-order valence-electron chi connectivity index (χ3n) is 4.83. The van der Waals surface area contributed by atoms with Crippen molar-refractivity contribution in [1.29, 1.82) is 0 Å². The van der Waals surface area contributed by atoms with Crippen LogP contribution in [-0.4, -0.2) is 48.9 Å². The van der Waals surface area contributed by atoms with Gasteiger partial charge in [-0.1, -0.05) is 24.3 Å². The summed E-state index contributed by atoms with van der Waals surface area (Å²) in [5.74, 6) is -1.19. The number of fused-ring (bicyclic) bond motifs is 2. The molecule has 0 unspecified atom stereocenters. The van der Waals surface area contributed by atoms with E-state index in [1.165, 1.54) is 7.11 Å². The van der Waals surface area contributed by atoms with Gasteiger partial charge >= 0.3 is 12.0 Å². The van der Waals surface area contributed by atoms with Crippen LogP contribution < -0.4 is 10.6 Å². The lowest BCUT2D eigenvalue weighted by Gasteiger charge is -2.22. The standard InChI is InChI=1S/C18H21N3O5/c1-26-15(23)7-4-10-19-14(22)11-21-16(24)18(20-17(21)25)9-8-12-5-2-3-6-13(12)18/h2-3,5-6H,4,7-11H2,1H3,(H,19,22)(H,20,25)/t18-/m1/s1. The van der Waals surface area contributed by atoms with Crippen molar-refractivity contribution in [2.75, 3.05) is 20.2 Å². The molecule has 1 heterocycles. The van der Waals surface area contributed by atoms with E-state index in [1.807, 2.05) is 24.3 Å². The average molecular weight is 359 g/mol. The summed E-state index contributed by atoms with van der Waals surface area (Å²) in [6, 6.07) is 6.97. The second-order valence-electron chi connectivity index (χ2n) is 6.41. The van der Waals surface area contributed by atoms with Crippen LogP contribution in [0.15, 0.2) is 24.3 Å². The van der Waals surface area contributed by atoms with Crippen molar-refractivity contribution in [3.05, 3.63) is 35.4 Å². The van der Waals surface area contributed by atoms with E-state index in [9.17, 15) is 19.2 Å². The Morgan fingerprint density at radius 3 is 2.85 bits per heavy atom. The van der Waals surface area contributed by atoms with E-state index >= 15 is 0 Å². The Morgan fingerprint density at radius 2 is 2.08 bits per heavy atom. The smallest absolute Gasteiger partial charge is 0.325 e. The number of hydrogen-bond acceptors (Lipinski definition) is 5. The molecule has 0 radical (unpaired) electrons. The van der Waals surface area contributed by atoms with Crippen LogP contribution in [0.1, 0.15) is 30.4 Å². The maximum atomic E-state index is 12.9. The molecule has 4 amide bonds. The maximum Gasteiger partial charge on any atom is 0.325 e. The summed E-state index contributed by atoms with van der Waals surface area (Å²) in [4.78, 5) is 49.2. The predicted octanol–water partition coefficient (Wildman–Crippen LogP) is 0.449. The molecule has 2 N–H and O–H groups in total. The minimum absolute atomic E-state index is 0.194. The molecular formula is C18H21N3O5. The average Bonchev–Trinajstić information content (AvgIpc) is 3.12. The lowest BCUT2D eigenvalue weighted by Crippen LogP contribution is -2.44. The monoisotopic (exact) mass is 359 g/mol. The minimum atomic E-state index is -1.06. The van der Waals surface area contributed by atoms with Gasteiger partial charge in [-0.2, -0.15) is 0 Å². The number of urea groups is 1. The molecule has 1 aliphatic heterocycles. The summed E-state index contributed by atoms with van der Waals surface area (Å²) < 4.78 is 4.52. The number of esters is 1. The zero-order valence-electron chi connectivity index (χ0n) is 14.5. The zero-order valence-corrected chi connectivity index (χ0v) is 14.5. The Hall–Kier alpha value is -2.90. The summed E-state index contributed by atoms with van der Waals surface area (Å²) in [5.41, 5.74) is 0.786. The number of nitrogens with zero attached hydrogens (tertiary/aromatic N) is 1. The topological polar surface area (TPSA) is 105 Å². The molecule has 8 heteroatoms. The normalized spacial score (nSPS) is 20.9. The highest BCUT2D eigenvalue weighted by atomic mass is 16.5. The number of ether oxygens (including phenoxy) is 1. The van der Waals surface area contributed by atoms with Crippen molar-refractivity contribution in [3.8, 4) is 0 Å². The van der Waals surface area contributed by atoms with Gasteiger partial charge in [0.2, 0.25) is 5.91 Å². The van der Waals surface area contributed by atoms with Gasteiger partial charge < -0.3 is 15.4 Å². The molecule has 1 spiro atoms. The summed E-state index contributed by atoms with van der Waals surface area (Å²) in [7, 11) is 1.30. The predicted molar refractivity (Wildman–Crippen MR) is 90.9 cm³/mol. The van der Waals surface area contributed by atoms with Gasteiger partial charge in [0.05, 0.1) is 7.11 Å². The number of amides is 4. The van der Waals surface area contributed by atoms with E-state index in [-0.39, 0.29) is 25.5 Å². The SMILES string of the molecule is COC(=O)CCCNC(=O)CN1C(=O)N[C@@]2(CCc3ccccc32)C1=O. The van der Waals surface area contributed by atoms with Crippen molar-refractivity contribution >= 4 is 23.8 Å². The van der Waals surface area contributed by atoms with E-state index in [1.54, 1.807) is 0 Å². The van der Waals surface area contributed by atoms with Crippen LogP contribution in [-0.2, 0) is 31.1 Å². The zero-order chi connectivity index (χ0) is 18.7. The van der Waals surface area contributed by atoms with E-state index in [4.69, 9.17) is 0 Å². The number of imide groups is 1. The molecule has 1 aromatic rings. The highest BCUT2D eigenvalue weighted by molar-refractivity contribution is 6.09. The van der Waals surface area contributed by atoms with Crippen molar-refractivity contribution in [3.63, 3.8) is 0 Å². The highest BCUT2D eigenvalue weighted by Crippen LogP contribution is 2.41. The van der Waals surface area contributed by atoms with Gasteiger partial charge in [0.25, 0.3) is 5.91 Å². The Balaban J connectivity index is 1.60. The summed E-state index contributed by atoms with van der Waals surface area (Å²) in [5, 5.41) is 5.38. The summed E-state index contributed by atoms with van der Waals surface area (Å²) in [6.45, 7) is -0.0711. The molecule has 0 saturated carbocycles. The lowest BCUT2D eigenvalue weighted by molar-refractivity contribution is -0.140. The second-order valence-corrected chi connectivity index (χ2v) is 6.41. The number of methoxy groups -OCH3 is 1. The third kappa shape index (κ3) is 3.14. The molecule has 1 aliphatic carbocycles. The number of benzene rings is 1. The van der Waals surface area contributed by atoms with Crippen molar-refractivity contribution in [2.45, 2.75) is 31.2 Å². The molecule has 0 aromatic heterocycles. The molecule has 138 valence electrons. The second kappa shape index (κ2) is 7.15. The van der Waals surface area contributed by atoms with Crippen LogP contribution in [0.2, 0.25) is 0 Å². The molecule has 3 rings (SSSR count). The fourth-order valence-corrected chi connectivity index (χ4v) is 3.50. The lowest BCUT2D eigenvalue weighted by atomic mass is 9.92. The van der Waals surface area contributed by atoms with Crippen molar-refractivity contribution in [2.24, 2.45) is 0 Å². The van der Waals surface area contributed by atoms with Gasteiger partial charge in [0.15, 0.2) is 0 Å². The molecule has 1 atom stereocenters. The number of carbonyl (C=O) groups is 4. The Labute approximate surface area is 150 Å². The van der Waals surface area contributed by atoms with Crippen LogP contribution >= 0.6 is 0 Å². The molecule has 1 aromatic carbocycles. The quantitative estimate of drug-likeness (QED) is 0.436. The molecular weight excluding hydrogens is 338 g/mol. The number of hydrogen-bond donors (Lipinski definition) is 2. The Morgan fingerprint density at radius 1 is 1.31 bits per heavy atom. The van der Waals surface area contributed by atoms with E-state index in [2.05, 4.69) is 15.4 Å². The summed E-state index contributed by atoms with van der Waals surface area (Å²) >= 11 is 0. The Kier molecular flexibility index (Phi) is 4.92.